The number of hydrogen-bond acceptors (Lipinski definition) is 1. The average molecular weight is 792 g/mol. The highest BCUT2D eigenvalue weighted by Crippen LogP contribution is 2.52. The van der Waals surface area contributed by atoms with Crippen LogP contribution in [0.4, 0.5) is 17.1 Å². The van der Waals surface area contributed by atoms with E-state index in [1.54, 1.807) is 0 Å². The Morgan fingerprint density at radius 3 is 1.48 bits per heavy atom. The molecule has 0 amide bonds. The van der Waals surface area contributed by atoms with Gasteiger partial charge in [-0.3, -0.25) is 0 Å². The van der Waals surface area contributed by atoms with Crippen molar-refractivity contribution in [2.24, 2.45) is 0 Å². The molecule has 0 unspecified atom stereocenters. The van der Waals surface area contributed by atoms with Crippen LogP contribution >= 0.6 is 0 Å². The summed E-state index contributed by atoms with van der Waals surface area (Å²) in [5, 5.41) is 2.51. The lowest BCUT2D eigenvalue weighted by Crippen LogP contribution is -2.16. The second-order valence-electron chi connectivity index (χ2n) is 16.9. The summed E-state index contributed by atoms with van der Waals surface area (Å²) >= 11 is 0. The zero-order valence-corrected chi connectivity index (χ0v) is 35.0. The van der Waals surface area contributed by atoms with Crippen molar-refractivity contribution in [1.82, 2.24) is 0 Å². The van der Waals surface area contributed by atoms with Crippen molar-refractivity contribution in [1.29, 1.82) is 0 Å². The maximum atomic E-state index is 2.40. The molecule has 0 aromatic heterocycles. The highest BCUT2D eigenvalue weighted by molar-refractivity contribution is 5.97. The molecule has 0 fully saturated rings. The van der Waals surface area contributed by atoms with Crippen LogP contribution in [0.5, 0.6) is 0 Å². The zero-order valence-electron chi connectivity index (χ0n) is 35.0. The fraction of sp³-hybridized carbons (Fsp3) is 0.0492. The van der Waals surface area contributed by atoms with Crippen LogP contribution in [-0.2, 0) is 5.41 Å². The van der Waals surface area contributed by atoms with Crippen molar-refractivity contribution < 1.29 is 0 Å². The van der Waals surface area contributed by atoms with Crippen molar-refractivity contribution in [3.63, 3.8) is 0 Å². The second kappa shape index (κ2) is 15.4. The van der Waals surface area contributed by atoms with E-state index in [2.05, 4.69) is 255 Å². The molecular formula is C61H45N. The van der Waals surface area contributed by atoms with E-state index in [1.165, 1.54) is 88.7 Å². The summed E-state index contributed by atoms with van der Waals surface area (Å²) in [5.74, 6) is 0. The van der Waals surface area contributed by atoms with E-state index in [9.17, 15) is 0 Å². The first-order valence-electron chi connectivity index (χ1n) is 21.6. The summed E-state index contributed by atoms with van der Waals surface area (Å²) < 4.78 is 0. The van der Waals surface area contributed by atoms with Gasteiger partial charge < -0.3 is 4.90 Å². The van der Waals surface area contributed by atoms with Crippen LogP contribution in [-0.4, -0.2) is 0 Å². The number of fused-ring (bicyclic) bond motifs is 4. The van der Waals surface area contributed by atoms with Gasteiger partial charge in [-0.05, 0) is 137 Å². The maximum Gasteiger partial charge on any atom is 0.0467 e. The van der Waals surface area contributed by atoms with Gasteiger partial charge in [0.2, 0.25) is 0 Å². The van der Waals surface area contributed by atoms with Gasteiger partial charge in [-0.15, -0.1) is 0 Å². The van der Waals surface area contributed by atoms with Crippen LogP contribution in [0, 0.1) is 0 Å². The van der Waals surface area contributed by atoms with Crippen LogP contribution in [0.3, 0.4) is 0 Å². The molecule has 0 heterocycles. The molecule has 0 N–H and O–H groups in total. The molecule has 1 aliphatic carbocycles. The number of benzene rings is 10. The lowest BCUT2D eigenvalue weighted by Gasteiger charge is -2.27. The minimum absolute atomic E-state index is 0.100. The molecule has 0 saturated heterocycles. The third-order valence-electron chi connectivity index (χ3n) is 12.8. The minimum atomic E-state index is -0.100. The van der Waals surface area contributed by atoms with E-state index in [-0.39, 0.29) is 5.41 Å². The highest BCUT2D eigenvalue weighted by Gasteiger charge is 2.37. The van der Waals surface area contributed by atoms with Crippen molar-refractivity contribution in [2.75, 3.05) is 4.90 Å². The van der Waals surface area contributed by atoms with Gasteiger partial charge in [-0.1, -0.05) is 202 Å². The normalized spacial score (nSPS) is 12.5. The Labute approximate surface area is 364 Å². The summed E-state index contributed by atoms with van der Waals surface area (Å²) in [6.07, 6.45) is 0. The molecule has 1 nitrogen and oxygen atoms in total. The van der Waals surface area contributed by atoms with Gasteiger partial charge in [-0.2, -0.15) is 0 Å². The monoisotopic (exact) mass is 791 g/mol. The molecule has 1 heteroatoms. The van der Waals surface area contributed by atoms with Crippen LogP contribution < -0.4 is 4.90 Å². The van der Waals surface area contributed by atoms with E-state index in [0.29, 0.717) is 0 Å². The highest BCUT2D eigenvalue weighted by atomic mass is 15.1. The molecule has 0 saturated carbocycles. The molecule has 0 atom stereocenters. The first-order valence-corrected chi connectivity index (χ1v) is 21.6. The predicted molar refractivity (Wildman–Crippen MR) is 263 cm³/mol. The molecule has 10 aromatic rings. The van der Waals surface area contributed by atoms with Crippen LogP contribution in [0.1, 0.15) is 25.0 Å². The van der Waals surface area contributed by atoms with Gasteiger partial charge >= 0.3 is 0 Å². The fourth-order valence-corrected chi connectivity index (χ4v) is 9.83. The Hall–Kier alpha value is -7.74. The molecule has 0 bridgehead atoms. The van der Waals surface area contributed by atoms with Gasteiger partial charge in [0.1, 0.15) is 0 Å². The maximum absolute atomic E-state index is 2.40. The molecule has 10 aromatic carbocycles. The fourth-order valence-electron chi connectivity index (χ4n) is 9.83. The Morgan fingerprint density at radius 2 is 0.758 bits per heavy atom. The summed E-state index contributed by atoms with van der Waals surface area (Å²) in [4.78, 5) is 2.40. The first kappa shape index (κ1) is 37.3. The molecule has 62 heavy (non-hydrogen) atoms. The Morgan fingerprint density at radius 1 is 0.290 bits per heavy atom. The summed E-state index contributed by atoms with van der Waals surface area (Å²) in [5.41, 5.74) is 20.7. The molecule has 0 radical (unpaired) electrons. The number of hydrogen-bond donors (Lipinski definition) is 0. The van der Waals surface area contributed by atoms with E-state index >= 15 is 0 Å². The number of rotatable bonds is 8. The van der Waals surface area contributed by atoms with E-state index in [4.69, 9.17) is 0 Å². The summed E-state index contributed by atoms with van der Waals surface area (Å²) in [6.45, 7) is 4.73. The first-order chi connectivity index (χ1) is 30.5. The third-order valence-corrected chi connectivity index (χ3v) is 12.8. The number of anilines is 3. The SMILES string of the molecule is CC1(C)c2ccccc2-c2cccc(-c3ccc(N(c4cccc(-c5cccc(-c6ccccc6)c5)c4)c4cccc(-c5cccc(-c6cccc7ccccc67)c5)c4)cc3)c21. The van der Waals surface area contributed by atoms with Crippen molar-refractivity contribution in [3.8, 4) is 66.8 Å². The quantitative estimate of drug-likeness (QED) is 0.148. The smallest absolute Gasteiger partial charge is 0.0467 e. The van der Waals surface area contributed by atoms with Crippen molar-refractivity contribution in [2.45, 2.75) is 19.3 Å². The van der Waals surface area contributed by atoms with Crippen LogP contribution in [0.2, 0.25) is 0 Å². The van der Waals surface area contributed by atoms with Crippen molar-refractivity contribution >= 4 is 27.8 Å². The summed E-state index contributed by atoms with van der Waals surface area (Å²) in [6, 6.07) is 86.5. The van der Waals surface area contributed by atoms with Gasteiger partial charge in [0.25, 0.3) is 0 Å². The molecule has 1 aliphatic rings. The van der Waals surface area contributed by atoms with Crippen LogP contribution in [0.25, 0.3) is 77.5 Å². The van der Waals surface area contributed by atoms with Gasteiger partial charge in [0, 0.05) is 22.5 Å². The molecule has 11 rings (SSSR count). The second-order valence-corrected chi connectivity index (χ2v) is 16.9. The Kier molecular flexibility index (Phi) is 9.24. The van der Waals surface area contributed by atoms with Gasteiger partial charge in [-0.25, -0.2) is 0 Å². The Bertz CT molecular complexity index is 3260. The lowest BCUT2D eigenvalue weighted by atomic mass is 9.79. The van der Waals surface area contributed by atoms with Crippen molar-refractivity contribution in [3.05, 3.63) is 248 Å². The third kappa shape index (κ3) is 6.60. The topological polar surface area (TPSA) is 3.24 Å². The molecule has 0 spiro atoms. The largest absolute Gasteiger partial charge is 0.310 e. The van der Waals surface area contributed by atoms with Gasteiger partial charge in [0.15, 0.2) is 0 Å². The Balaban J connectivity index is 1.02. The molecule has 294 valence electrons. The van der Waals surface area contributed by atoms with E-state index < -0.39 is 0 Å². The summed E-state index contributed by atoms with van der Waals surface area (Å²) in [7, 11) is 0. The van der Waals surface area contributed by atoms with Gasteiger partial charge in [0.05, 0.1) is 0 Å². The van der Waals surface area contributed by atoms with Crippen LogP contribution in [0.15, 0.2) is 237 Å². The predicted octanol–water partition coefficient (Wildman–Crippen LogP) is 17.0. The molecular weight excluding hydrogens is 747 g/mol. The minimum Gasteiger partial charge on any atom is -0.310 e. The number of nitrogens with zero attached hydrogens (tertiary/aromatic N) is 1. The van der Waals surface area contributed by atoms with E-state index in [1.807, 2.05) is 0 Å². The molecule has 0 aliphatic heterocycles. The lowest BCUT2D eigenvalue weighted by molar-refractivity contribution is 0.662. The average Bonchev–Trinajstić information content (AvgIpc) is 3.58. The zero-order chi connectivity index (χ0) is 41.6. The standard InChI is InChI=1S/C61H45N/c1-61(2)59-33-9-8-29-57(59)58-32-15-31-56(60(58)61)44-34-36-51(37-35-44)62(52-26-12-23-48(40-52)46-21-10-20-45(38-46)42-16-4-3-5-17-42)53-27-13-24-49(41-53)47-22-11-25-50(39-47)55-30-14-19-43-18-6-7-28-54(43)55/h3-41H,1-2H3. The van der Waals surface area contributed by atoms with E-state index in [0.717, 1.165) is 17.1 Å².